The van der Waals surface area contributed by atoms with E-state index in [0.717, 1.165) is 55.2 Å². The van der Waals surface area contributed by atoms with E-state index in [0.29, 0.717) is 42.7 Å². The lowest BCUT2D eigenvalue weighted by Crippen LogP contribution is -2.42. The van der Waals surface area contributed by atoms with Crippen LogP contribution >= 0.6 is 11.3 Å². The van der Waals surface area contributed by atoms with Crippen molar-refractivity contribution < 1.29 is 19.1 Å². The molecule has 1 saturated heterocycles. The molecule has 0 atom stereocenters. The Morgan fingerprint density at radius 3 is 2.50 bits per heavy atom. The topological polar surface area (TPSA) is 87.7 Å². The van der Waals surface area contributed by atoms with Gasteiger partial charge in [-0.05, 0) is 76.0 Å². The predicted molar refractivity (Wildman–Crippen MR) is 134 cm³/mol. The zero-order valence-corrected chi connectivity index (χ0v) is 20.8. The molecule has 0 spiro atoms. The van der Waals surface area contributed by atoms with E-state index in [1.165, 1.54) is 16.2 Å². The zero-order chi connectivity index (χ0) is 24.1. The van der Waals surface area contributed by atoms with Gasteiger partial charge < -0.3 is 15.0 Å². The Balaban J connectivity index is 1.29. The van der Waals surface area contributed by atoms with E-state index >= 15 is 0 Å². The normalized spacial score (nSPS) is 16.0. The van der Waals surface area contributed by atoms with Crippen molar-refractivity contribution in [2.24, 2.45) is 5.92 Å². The zero-order valence-electron chi connectivity index (χ0n) is 19.9. The first kappa shape index (κ1) is 24.3. The second kappa shape index (κ2) is 11.0. The van der Waals surface area contributed by atoms with E-state index in [1.807, 2.05) is 36.1 Å². The van der Waals surface area contributed by atoms with Crippen molar-refractivity contribution in [3.63, 3.8) is 0 Å². The fraction of sp³-hybridized carbons (Fsp3) is 0.500. The van der Waals surface area contributed by atoms with Crippen molar-refractivity contribution in [1.82, 2.24) is 10.2 Å². The lowest BCUT2D eigenvalue weighted by Gasteiger charge is -2.32. The lowest BCUT2D eigenvalue weighted by molar-refractivity contribution is 0.0526. The highest BCUT2D eigenvalue weighted by Gasteiger charge is 2.28. The maximum absolute atomic E-state index is 12.7. The number of urea groups is 1. The first-order valence-electron chi connectivity index (χ1n) is 12.2. The van der Waals surface area contributed by atoms with Gasteiger partial charge in [0.2, 0.25) is 0 Å². The number of nitrogens with one attached hydrogen (secondary N) is 2. The van der Waals surface area contributed by atoms with Gasteiger partial charge in [-0.3, -0.25) is 10.1 Å². The average molecular weight is 484 g/mol. The van der Waals surface area contributed by atoms with Crippen molar-refractivity contribution >= 4 is 34.2 Å². The predicted octanol–water partition coefficient (Wildman–Crippen LogP) is 4.79. The Labute approximate surface area is 204 Å². The van der Waals surface area contributed by atoms with Gasteiger partial charge in [0.25, 0.3) is 5.91 Å². The number of piperidine rings is 1. The maximum atomic E-state index is 12.7. The number of ether oxygens (including phenoxy) is 1. The molecule has 1 aromatic heterocycles. The Hall–Kier alpha value is -2.87. The summed E-state index contributed by atoms with van der Waals surface area (Å²) in [5.74, 6) is 0.0222. The molecule has 2 heterocycles. The minimum Gasteiger partial charge on any atom is -0.462 e. The third-order valence-corrected chi connectivity index (χ3v) is 7.84. The fourth-order valence-corrected chi connectivity index (χ4v) is 5.95. The third kappa shape index (κ3) is 5.60. The van der Waals surface area contributed by atoms with Gasteiger partial charge in [-0.2, -0.15) is 0 Å². The van der Waals surface area contributed by atoms with E-state index in [4.69, 9.17) is 4.74 Å². The summed E-state index contributed by atoms with van der Waals surface area (Å²) in [5, 5.41) is 6.45. The summed E-state index contributed by atoms with van der Waals surface area (Å²) >= 11 is 1.49. The number of aryl methyl sites for hydroxylation is 2. The summed E-state index contributed by atoms with van der Waals surface area (Å²) in [6, 6.07) is 7.37. The van der Waals surface area contributed by atoms with Gasteiger partial charge in [-0.15, -0.1) is 11.3 Å². The van der Waals surface area contributed by atoms with Crippen LogP contribution in [0.3, 0.4) is 0 Å². The van der Waals surface area contributed by atoms with Crippen LogP contribution in [-0.2, 0) is 17.6 Å². The second-order valence-electron chi connectivity index (χ2n) is 9.07. The number of hydrogen-bond donors (Lipinski definition) is 2. The number of benzene rings is 1. The smallest absolute Gasteiger partial charge is 0.341 e. The molecule has 0 bridgehead atoms. The molecule has 0 radical (unpaired) electrons. The molecule has 1 aliphatic carbocycles. The Morgan fingerprint density at radius 1 is 1.09 bits per heavy atom. The van der Waals surface area contributed by atoms with E-state index in [1.54, 1.807) is 6.92 Å². The Morgan fingerprint density at radius 2 is 1.79 bits per heavy atom. The van der Waals surface area contributed by atoms with Gasteiger partial charge in [0.1, 0.15) is 5.00 Å². The largest absolute Gasteiger partial charge is 0.462 e. The van der Waals surface area contributed by atoms with Crippen molar-refractivity contribution in [3.05, 3.63) is 51.4 Å². The molecule has 4 rings (SSSR count). The molecule has 0 saturated carbocycles. The number of thiophene rings is 1. The number of likely N-dealkylation sites (tertiary alicyclic amines) is 1. The molecular weight excluding hydrogens is 450 g/mol. The quantitative estimate of drug-likeness (QED) is 0.579. The van der Waals surface area contributed by atoms with Crippen LogP contribution in [0.15, 0.2) is 24.3 Å². The number of fused-ring (bicyclic) bond motifs is 1. The average Bonchev–Trinajstić information content (AvgIpc) is 3.21. The number of carbonyl (C=O) groups excluding carboxylic acids is 3. The maximum Gasteiger partial charge on any atom is 0.341 e. The third-order valence-electron chi connectivity index (χ3n) is 6.63. The lowest BCUT2D eigenvalue weighted by atomic mass is 9.95. The van der Waals surface area contributed by atoms with Crippen molar-refractivity contribution in [1.29, 1.82) is 0 Å². The van der Waals surface area contributed by atoms with E-state index < -0.39 is 0 Å². The highest BCUT2D eigenvalue weighted by molar-refractivity contribution is 7.17. The van der Waals surface area contributed by atoms with Crippen LogP contribution in [0, 0.1) is 12.8 Å². The molecule has 1 aliphatic heterocycles. The molecule has 34 heavy (non-hydrogen) atoms. The highest BCUT2D eigenvalue weighted by atomic mass is 32.1. The van der Waals surface area contributed by atoms with Crippen LogP contribution < -0.4 is 10.6 Å². The molecule has 3 amide bonds. The molecule has 0 unspecified atom stereocenters. The van der Waals surface area contributed by atoms with Crippen LogP contribution in [0.1, 0.15) is 69.3 Å². The number of rotatable bonds is 6. The SMILES string of the molecule is CCOC(=O)c1c(NC(=O)NCC2CCN(C(=O)c3ccc(C)cc3)CC2)sc2c1CCCC2. The van der Waals surface area contributed by atoms with Crippen molar-refractivity contribution in [3.8, 4) is 0 Å². The minimum absolute atomic E-state index is 0.0670. The molecule has 2 aliphatic rings. The fourth-order valence-electron chi connectivity index (χ4n) is 4.68. The van der Waals surface area contributed by atoms with Crippen LogP contribution in [-0.4, -0.2) is 49.0 Å². The van der Waals surface area contributed by atoms with Gasteiger partial charge in [-0.1, -0.05) is 17.7 Å². The Kier molecular flexibility index (Phi) is 7.88. The number of nitrogens with zero attached hydrogens (tertiary/aromatic N) is 1. The number of hydrogen-bond acceptors (Lipinski definition) is 5. The molecule has 1 fully saturated rings. The first-order chi connectivity index (χ1) is 16.5. The van der Waals surface area contributed by atoms with Gasteiger partial charge in [0, 0.05) is 30.1 Å². The minimum atomic E-state index is -0.359. The number of esters is 1. The second-order valence-corrected chi connectivity index (χ2v) is 10.2. The van der Waals surface area contributed by atoms with E-state index in [2.05, 4.69) is 10.6 Å². The summed E-state index contributed by atoms with van der Waals surface area (Å²) in [4.78, 5) is 41.0. The molecule has 8 heteroatoms. The summed E-state index contributed by atoms with van der Waals surface area (Å²) in [5.41, 5.74) is 3.42. The number of carbonyl (C=O) groups is 3. The molecule has 1 aromatic carbocycles. The van der Waals surface area contributed by atoms with Gasteiger partial charge in [-0.25, -0.2) is 9.59 Å². The van der Waals surface area contributed by atoms with Gasteiger partial charge >= 0.3 is 12.0 Å². The summed E-state index contributed by atoms with van der Waals surface area (Å²) in [6.45, 7) is 6.01. The standard InChI is InChI=1S/C26H33N3O4S/c1-3-33-25(31)22-20-6-4-5-7-21(20)34-23(22)28-26(32)27-16-18-12-14-29(15-13-18)24(30)19-10-8-17(2)9-11-19/h8-11,18H,3-7,12-16H2,1-2H3,(H2,27,28,32). The van der Waals surface area contributed by atoms with E-state index in [9.17, 15) is 14.4 Å². The highest BCUT2D eigenvalue weighted by Crippen LogP contribution is 2.38. The van der Waals surface area contributed by atoms with Crippen LogP contribution in [0.25, 0.3) is 0 Å². The molecule has 182 valence electrons. The van der Waals surface area contributed by atoms with Crippen LogP contribution in [0.4, 0.5) is 9.80 Å². The summed E-state index contributed by atoms with van der Waals surface area (Å²) < 4.78 is 5.26. The van der Waals surface area contributed by atoms with Crippen molar-refractivity contribution in [2.45, 2.75) is 52.4 Å². The van der Waals surface area contributed by atoms with Crippen LogP contribution in [0.2, 0.25) is 0 Å². The molecule has 2 N–H and O–H groups in total. The van der Waals surface area contributed by atoms with Crippen molar-refractivity contribution in [2.75, 3.05) is 31.6 Å². The first-order valence-corrected chi connectivity index (χ1v) is 13.0. The molecular formula is C26H33N3O4S. The summed E-state index contributed by atoms with van der Waals surface area (Å²) in [7, 11) is 0. The van der Waals surface area contributed by atoms with Crippen LogP contribution in [0.5, 0.6) is 0 Å². The number of anilines is 1. The Bertz CT molecular complexity index is 1040. The van der Waals surface area contributed by atoms with Gasteiger partial charge in [0.15, 0.2) is 0 Å². The molecule has 2 aromatic rings. The summed E-state index contributed by atoms with van der Waals surface area (Å²) in [6.07, 6.45) is 5.64. The van der Waals surface area contributed by atoms with E-state index in [-0.39, 0.29) is 17.9 Å². The monoisotopic (exact) mass is 483 g/mol. The molecule has 7 nitrogen and oxygen atoms in total. The van der Waals surface area contributed by atoms with Gasteiger partial charge in [0.05, 0.1) is 12.2 Å². The number of amides is 3.